The second kappa shape index (κ2) is 9.46. The number of nitrogens with one attached hydrogen (secondary N) is 1. The molecule has 1 aromatic heterocycles. The van der Waals surface area contributed by atoms with E-state index in [2.05, 4.69) is 4.98 Å². The minimum absolute atomic E-state index is 0.132. The highest BCUT2D eigenvalue weighted by molar-refractivity contribution is 6.46. The number of halogens is 2. The first-order valence-corrected chi connectivity index (χ1v) is 10.7. The van der Waals surface area contributed by atoms with Crippen molar-refractivity contribution in [3.63, 3.8) is 0 Å². The zero-order valence-corrected chi connectivity index (χ0v) is 18.6. The summed E-state index contributed by atoms with van der Waals surface area (Å²) in [5, 5.41) is 11.3. The summed E-state index contributed by atoms with van der Waals surface area (Å²) in [6.45, 7) is 0.784. The summed E-state index contributed by atoms with van der Waals surface area (Å²) in [4.78, 5) is 30.2. The topological polar surface area (TPSA) is 86.5 Å². The molecule has 9 heteroatoms. The van der Waals surface area contributed by atoms with Crippen LogP contribution >= 0.6 is 11.6 Å². The Morgan fingerprint density at radius 2 is 2.06 bits per heavy atom. The summed E-state index contributed by atoms with van der Waals surface area (Å²) in [6, 6.07) is 9.35. The zero-order valence-electron chi connectivity index (χ0n) is 17.8. The van der Waals surface area contributed by atoms with Gasteiger partial charge in [-0.25, -0.2) is 8.96 Å². The van der Waals surface area contributed by atoms with Gasteiger partial charge in [-0.3, -0.25) is 14.6 Å². The maximum absolute atomic E-state index is 14.8. The Labute approximate surface area is 194 Å². The third-order valence-electron chi connectivity index (χ3n) is 5.58. The van der Waals surface area contributed by atoms with Crippen molar-refractivity contribution in [2.45, 2.75) is 19.0 Å². The summed E-state index contributed by atoms with van der Waals surface area (Å²) >= 11 is 6.18. The van der Waals surface area contributed by atoms with Crippen LogP contribution in [-0.2, 0) is 16.1 Å². The number of ketones is 1. The van der Waals surface area contributed by atoms with Gasteiger partial charge in [0.2, 0.25) is 6.33 Å². The predicted molar refractivity (Wildman–Crippen MR) is 119 cm³/mol. The summed E-state index contributed by atoms with van der Waals surface area (Å²) in [5.41, 5.74) is 0.177. The van der Waals surface area contributed by atoms with Crippen molar-refractivity contribution in [3.8, 4) is 5.75 Å². The van der Waals surface area contributed by atoms with Crippen LogP contribution in [-0.4, -0.2) is 40.3 Å². The fraction of sp³-hybridized carbons (Fsp3) is 0.208. The van der Waals surface area contributed by atoms with Gasteiger partial charge in [0.1, 0.15) is 29.7 Å². The molecule has 1 saturated heterocycles. The van der Waals surface area contributed by atoms with Gasteiger partial charge in [-0.05, 0) is 24.3 Å². The van der Waals surface area contributed by atoms with Crippen LogP contribution in [0.25, 0.3) is 5.76 Å². The number of carbonyl (C=O) groups excluding carboxylic acids is 2. The molecular formula is C24H22ClFN3O4+. The Hall–Kier alpha value is -3.65. The molecule has 2 N–H and O–H groups in total. The number of aromatic nitrogens is 2. The van der Waals surface area contributed by atoms with Crippen molar-refractivity contribution >= 4 is 29.1 Å². The second-order valence-corrected chi connectivity index (χ2v) is 7.97. The van der Waals surface area contributed by atoms with E-state index >= 15 is 0 Å². The molecule has 7 nitrogen and oxygen atoms in total. The maximum atomic E-state index is 14.8. The quantitative estimate of drug-likeness (QED) is 0.239. The van der Waals surface area contributed by atoms with Crippen LogP contribution in [0.1, 0.15) is 23.6 Å². The third-order valence-corrected chi connectivity index (χ3v) is 5.88. The molecule has 1 amide bonds. The molecule has 33 heavy (non-hydrogen) atoms. The van der Waals surface area contributed by atoms with E-state index in [1.54, 1.807) is 24.7 Å². The van der Waals surface area contributed by atoms with E-state index in [9.17, 15) is 19.1 Å². The van der Waals surface area contributed by atoms with Crippen LogP contribution in [0.5, 0.6) is 5.75 Å². The number of nitrogens with zero attached hydrogens (tertiary/aromatic N) is 2. The lowest BCUT2D eigenvalue weighted by Crippen LogP contribution is -2.36. The highest BCUT2D eigenvalue weighted by atomic mass is 35.5. The predicted octanol–water partition coefficient (Wildman–Crippen LogP) is 3.62. The summed E-state index contributed by atoms with van der Waals surface area (Å²) in [6.07, 6.45) is 5.91. The zero-order chi connectivity index (χ0) is 23.5. The van der Waals surface area contributed by atoms with Crippen LogP contribution in [0.3, 0.4) is 0 Å². The molecule has 1 unspecified atom stereocenters. The van der Waals surface area contributed by atoms with Crippen LogP contribution in [0.15, 0.2) is 66.8 Å². The number of rotatable bonds is 7. The molecule has 0 saturated carbocycles. The molecule has 2 aromatic carbocycles. The smallest absolute Gasteiger partial charge is 0.295 e. The molecule has 0 bridgehead atoms. The SMILES string of the molecule is COc1ccc(C(O)=C2C(=O)C(=O)N(CCC[n+]3cc[nH]c3)C2c2ccccc2F)cc1Cl. The number of likely N-dealkylation sites (tertiary alicyclic amines) is 1. The van der Waals surface area contributed by atoms with Gasteiger partial charge in [0.05, 0.1) is 30.3 Å². The van der Waals surface area contributed by atoms with Gasteiger partial charge in [0.15, 0.2) is 0 Å². The standard InChI is InChI=1S/C24H21ClFN3O4/c1-33-19-8-7-15(13-17(19)25)22(30)20-21(16-5-2-3-6-18(16)26)29(24(32)23(20)31)11-4-10-28-12-9-27-14-28/h2-3,5-9,12-14,21H,4,10-11H2,1H3,(H,30,31)/p+1. The monoisotopic (exact) mass is 470 g/mol. The molecule has 1 atom stereocenters. The fourth-order valence-corrected chi connectivity index (χ4v) is 4.24. The molecule has 0 radical (unpaired) electrons. The summed E-state index contributed by atoms with van der Waals surface area (Å²) in [5.74, 6) is -2.27. The number of aryl methyl sites for hydroxylation is 1. The molecule has 1 aliphatic heterocycles. The Balaban J connectivity index is 1.76. The van der Waals surface area contributed by atoms with E-state index in [0.29, 0.717) is 18.7 Å². The minimum Gasteiger partial charge on any atom is -0.507 e. The lowest BCUT2D eigenvalue weighted by molar-refractivity contribution is -0.695. The van der Waals surface area contributed by atoms with Crippen LogP contribution in [0, 0.1) is 5.82 Å². The van der Waals surface area contributed by atoms with Gasteiger partial charge in [-0.15, -0.1) is 0 Å². The van der Waals surface area contributed by atoms with Gasteiger partial charge >= 0.3 is 0 Å². The summed E-state index contributed by atoms with van der Waals surface area (Å²) < 4.78 is 21.8. The number of benzene rings is 2. The van der Waals surface area contributed by atoms with Gasteiger partial charge in [-0.2, -0.15) is 0 Å². The first kappa shape index (κ1) is 22.5. The molecule has 1 fully saturated rings. The van der Waals surface area contributed by atoms with E-state index in [1.807, 2.05) is 10.8 Å². The van der Waals surface area contributed by atoms with Crippen molar-refractivity contribution in [1.29, 1.82) is 0 Å². The van der Waals surface area contributed by atoms with Gasteiger partial charge in [0, 0.05) is 24.1 Å². The Morgan fingerprint density at radius 3 is 2.73 bits per heavy atom. The molecule has 0 spiro atoms. The number of imidazole rings is 1. The van der Waals surface area contributed by atoms with E-state index in [0.717, 1.165) is 0 Å². The van der Waals surface area contributed by atoms with E-state index in [4.69, 9.17) is 16.3 Å². The number of aliphatic hydroxyl groups is 1. The van der Waals surface area contributed by atoms with Crippen molar-refractivity contribution in [1.82, 2.24) is 9.88 Å². The number of hydrogen-bond donors (Lipinski definition) is 2. The van der Waals surface area contributed by atoms with Crippen molar-refractivity contribution < 1.29 is 28.4 Å². The van der Waals surface area contributed by atoms with Crippen molar-refractivity contribution in [2.24, 2.45) is 0 Å². The van der Waals surface area contributed by atoms with Gasteiger partial charge in [0.25, 0.3) is 11.7 Å². The Bertz CT molecular complexity index is 1230. The largest absolute Gasteiger partial charge is 0.507 e. The highest BCUT2D eigenvalue weighted by Crippen LogP contribution is 2.41. The van der Waals surface area contributed by atoms with Crippen molar-refractivity contribution in [3.05, 3.63) is 88.7 Å². The lowest BCUT2D eigenvalue weighted by Gasteiger charge is -2.25. The number of ether oxygens (including phenoxy) is 1. The van der Waals surface area contributed by atoms with Gasteiger partial charge in [-0.1, -0.05) is 29.8 Å². The number of amides is 1. The summed E-state index contributed by atoms with van der Waals surface area (Å²) in [7, 11) is 1.45. The van der Waals surface area contributed by atoms with Gasteiger partial charge < -0.3 is 14.7 Å². The number of carbonyl (C=O) groups is 2. The molecule has 1 aliphatic rings. The van der Waals surface area contributed by atoms with E-state index in [1.165, 1.54) is 42.3 Å². The van der Waals surface area contributed by atoms with Crippen molar-refractivity contribution in [2.75, 3.05) is 13.7 Å². The average molecular weight is 471 g/mol. The van der Waals surface area contributed by atoms with Crippen LogP contribution < -0.4 is 9.30 Å². The lowest BCUT2D eigenvalue weighted by atomic mass is 9.95. The molecule has 0 aliphatic carbocycles. The first-order chi connectivity index (χ1) is 15.9. The normalized spacial score (nSPS) is 17.5. The molecule has 170 valence electrons. The average Bonchev–Trinajstić information content (AvgIpc) is 3.41. The fourth-order valence-electron chi connectivity index (χ4n) is 3.98. The van der Waals surface area contributed by atoms with E-state index in [-0.39, 0.29) is 28.3 Å². The minimum atomic E-state index is -1.07. The van der Waals surface area contributed by atoms with Crippen LogP contribution in [0.4, 0.5) is 4.39 Å². The van der Waals surface area contributed by atoms with E-state index < -0.39 is 29.3 Å². The Morgan fingerprint density at radius 1 is 1.27 bits per heavy atom. The molecule has 2 heterocycles. The molecule has 4 rings (SSSR count). The third kappa shape index (κ3) is 4.34. The number of aliphatic hydroxyl groups excluding tert-OH is 1. The number of methoxy groups -OCH3 is 1. The van der Waals surface area contributed by atoms with Crippen LogP contribution in [0.2, 0.25) is 5.02 Å². The highest BCUT2D eigenvalue weighted by Gasteiger charge is 2.46. The molecule has 3 aromatic rings. The molecular weight excluding hydrogens is 449 g/mol. The Kier molecular flexibility index (Phi) is 6.46. The number of hydrogen-bond acceptors (Lipinski definition) is 4. The maximum Gasteiger partial charge on any atom is 0.295 e. The number of Topliss-reactive ketones (excluding diaryl/α,β-unsaturated/α-hetero) is 1. The second-order valence-electron chi connectivity index (χ2n) is 7.57. The number of H-pyrrole nitrogens is 1. The first-order valence-electron chi connectivity index (χ1n) is 10.3. The number of aromatic amines is 1.